The Labute approximate surface area is 88.8 Å². The third-order valence-electron chi connectivity index (χ3n) is 2.33. The van der Waals surface area contributed by atoms with Crippen LogP contribution in [0, 0.1) is 0 Å². The zero-order valence-electron chi connectivity index (χ0n) is 8.50. The van der Waals surface area contributed by atoms with Crippen molar-refractivity contribution in [3.8, 4) is 0 Å². The molecular weight excluding hydrogens is 188 g/mol. The van der Waals surface area contributed by atoms with Gasteiger partial charge in [0.05, 0.1) is 6.54 Å². The molecule has 0 fully saturated rings. The Balaban J connectivity index is 2.20. The van der Waals surface area contributed by atoms with Crippen LogP contribution in [0.5, 0.6) is 0 Å². The molecule has 0 aliphatic heterocycles. The number of nitrogens with two attached hydrogens (primary N) is 1. The van der Waals surface area contributed by atoms with E-state index in [0.717, 1.165) is 13.0 Å². The topological polar surface area (TPSA) is 56.7 Å². The van der Waals surface area contributed by atoms with Crippen LogP contribution in [0.15, 0.2) is 36.9 Å². The Morgan fingerprint density at radius 3 is 2.67 bits per heavy atom. The van der Waals surface area contributed by atoms with E-state index in [4.69, 9.17) is 5.73 Å². The highest BCUT2D eigenvalue weighted by Gasteiger charge is 2.01. The molecule has 0 spiro atoms. The lowest BCUT2D eigenvalue weighted by molar-refractivity contribution is 0.678. The van der Waals surface area contributed by atoms with Crippen molar-refractivity contribution in [1.82, 2.24) is 14.8 Å². The summed E-state index contributed by atoms with van der Waals surface area (Å²) >= 11 is 0. The number of hydrogen-bond acceptors (Lipinski definition) is 3. The van der Waals surface area contributed by atoms with Crippen molar-refractivity contribution >= 4 is 0 Å². The van der Waals surface area contributed by atoms with Crippen molar-refractivity contribution in [2.24, 2.45) is 5.73 Å². The van der Waals surface area contributed by atoms with E-state index in [1.165, 1.54) is 11.1 Å². The van der Waals surface area contributed by atoms with Gasteiger partial charge in [0.25, 0.3) is 0 Å². The van der Waals surface area contributed by atoms with Crippen LogP contribution >= 0.6 is 0 Å². The van der Waals surface area contributed by atoms with Gasteiger partial charge in [-0.15, -0.1) is 0 Å². The molecule has 78 valence electrons. The number of aromatic nitrogens is 3. The van der Waals surface area contributed by atoms with Gasteiger partial charge in [0.2, 0.25) is 0 Å². The fourth-order valence-corrected chi connectivity index (χ4v) is 1.60. The molecule has 0 saturated heterocycles. The molecule has 0 saturated carbocycles. The van der Waals surface area contributed by atoms with Gasteiger partial charge in [0, 0.05) is 0 Å². The maximum atomic E-state index is 5.57. The first kappa shape index (κ1) is 9.86. The SMILES string of the molecule is NCCc1ccccc1Cn1cncn1. The van der Waals surface area contributed by atoms with E-state index < -0.39 is 0 Å². The van der Waals surface area contributed by atoms with Crippen molar-refractivity contribution < 1.29 is 0 Å². The van der Waals surface area contributed by atoms with Crippen molar-refractivity contribution in [3.63, 3.8) is 0 Å². The molecule has 4 nitrogen and oxygen atoms in total. The van der Waals surface area contributed by atoms with Gasteiger partial charge in [-0.3, -0.25) is 0 Å². The van der Waals surface area contributed by atoms with Crippen LogP contribution < -0.4 is 5.73 Å². The summed E-state index contributed by atoms with van der Waals surface area (Å²) in [5.74, 6) is 0. The number of hydrogen-bond donors (Lipinski definition) is 1. The van der Waals surface area contributed by atoms with Crippen molar-refractivity contribution in [2.75, 3.05) is 6.54 Å². The first-order valence-electron chi connectivity index (χ1n) is 4.99. The highest BCUT2D eigenvalue weighted by Crippen LogP contribution is 2.10. The maximum absolute atomic E-state index is 5.57. The predicted molar refractivity (Wildman–Crippen MR) is 58.3 cm³/mol. The van der Waals surface area contributed by atoms with Crippen molar-refractivity contribution in [2.45, 2.75) is 13.0 Å². The van der Waals surface area contributed by atoms with Crippen LogP contribution in [0.2, 0.25) is 0 Å². The molecule has 1 aromatic heterocycles. The molecular formula is C11H14N4. The van der Waals surface area contributed by atoms with Gasteiger partial charge in [0.15, 0.2) is 0 Å². The summed E-state index contributed by atoms with van der Waals surface area (Å²) in [7, 11) is 0. The van der Waals surface area contributed by atoms with E-state index >= 15 is 0 Å². The average molecular weight is 202 g/mol. The highest BCUT2D eigenvalue weighted by atomic mass is 15.3. The molecule has 0 bridgehead atoms. The zero-order valence-corrected chi connectivity index (χ0v) is 8.50. The van der Waals surface area contributed by atoms with E-state index in [2.05, 4.69) is 22.2 Å². The summed E-state index contributed by atoms with van der Waals surface area (Å²) in [4.78, 5) is 3.92. The molecule has 0 aliphatic rings. The molecule has 2 aromatic rings. The lowest BCUT2D eigenvalue weighted by Crippen LogP contribution is -2.08. The lowest BCUT2D eigenvalue weighted by Gasteiger charge is -2.07. The second-order valence-corrected chi connectivity index (χ2v) is 3.40. The monoisotopic (exact) mass is 202 g/mol. The highest BCUT2D eigenvalue weighted by molar-refractivity contribution is 5.27. The fourth-order valence-electron chi connectivity index (χ4n) is 1.60. The van der Waals surface area contributed by atoms with E-state index in [1.807, 2.05) is 16.8 Å². The van der Waals surface area contributed by atoms with Crippen LogP contribution in [0.4, 0.5) is 0 Å². The molecule has 0 aliphatic carbocycles. The molecule has 0 amide bonds. The molecule has 0 unspecified atom stereocenters. The smallest absolute Gasteiger partial charge is 0.137 e. The van der Waals surface area contributed by atoms with Gasteiger partial charge in [0.1, 0.15) is 12.7 Å². The van der Waals surface area contributed by atoms with Gasteiger partial charge < -0.3 is 5.73 Å². The Morgan fingerprint density at radius 1 is 1.20 bits per heavy atom. The largest absolute Gasteiger partial charge is 0.330 e. The first-order valence-corrected chi connectivity index (χ1v) is 4.99. The quantitative estimate of drug-likeness (QED) is 0.798. The summed E-state index contributed by atoms with van der Waals surface area (Å²) in [6.45, 7) is 1.44. The summed E-state index contributed by atoms with van der Waals surface area (Å²) in [6.07, 6.45) is 4.18. The van der Waals surface area contributed by atoms with Crippen molar-refractivity contribution in [3.05, 3.63) is 48.0 Å². The molecule has 2 N–H and O–H groups in total. The summed E-state index contributed by atoms with van der Waals surface area (Å²) in [5, 5.41) is 4.09. The van der Waals surface area contributed by atoms with Gasteiger partial charge in [-0.05, 0) is 24.1 Å². The van der Waals surface area contributed by atoms with Gasteiger partial charge >= 0.3 is 0 Å². The molecule has 2 rings (SSSR count). The average Bonchev–Trinajstić information content (AvgIpc) is 2.74. The molecule has 15 heavy (non-hydrogen) atoms. The fraction of sp³-hybridized carbons (Fsp3) is 0.273. The third-order valence-corrected chi connectivity index (χ3v) is 2.33. The molecule has 0 radical (unpaired) electrons. The van der Waals surface area contributed by atoms with Crippen LogP contribution in [0.1, 0.15) is 11.1 Å². The molecule has 1 heterocycles. The molecule has 1 aromatic carbocycles. The van der Waals surface area contributed by atoms with Gasteiger partial charge in [-0.25, -0.2) is 9.67 Å². The number of benzene rings is 1. The maximum Gasteiger partial charge on any atom is 0.137 e. The minimum absolute atomic E-state index is 0.675. The summed E-state index contributed by atoms with van der Waals surface area (Å²) in [5.41, 5.74) is 8.11. The number of nitrogens with zero attached hydrogens (tertiary/aromatic N) is 3. The summed E-state index contributed by atoms with van der Waals surface area (Å²) < 4.78 is 1.81. The van der Waals surface area contributed by atoms with Crippen LogP contribution in [0.25, 0.3) is 0 Å². The summed E-state index contributed by atoms with van der Waals surface area (Å²) in [6, 6.07) is 8.29. The van der Waals surface area contributed by atoms with Gasteiger partial charge in [-0.2, -0.15) is 5.10 Å². The molecule has 0 atom stereocenters. The van der Waals surface area contributed by atoms with E-state index in [1.54, 1.807) is 12.7 Å². The Kier molecular flexibility index (Phi) is 3.09. The van der Waals surface area contributed by atoms with Crippen LogP contribution in [-0.2, 0) is 13.0 Å². The second kappa shape index (κ2) is 4.70. The zero-order chi connectivity index (χ0) is 10.5. The predicted octanol–water partition coefficient (Wildman–Crippen LogP) is 0.828. The number of rotatable bonds is 4. The van der Waals surface area contributed by atoms with E-state index in [-0.39, 0.29) is 0 Å². The Morgan fingerprint density at radius 2 is 2.00 bits per heavy atom. The minimum atomic E-state index is 0.675. The van der Waals surface area contributed by atoms with E-state index in [0.29, 0.717) is 6.54 Å². The Hall–Kier alpha value is -1.68. The normalized spacial score (nSPS) is 10.5. The lowest BCUT2D eigenvalue weighted by atomic mass is 10.0. The van der Waals surface area contributed by atoms with E-state index in [9.17, 15) is 0 Å². The van der Waals surface area contributed by atoms with Crippen LogP contribution in [0.3, 0.4) is 0 Å². The third kappa shape index (κ3) is 2.41. The Bertz CT molecular complexity index is 408. The standard InChI is InChI=1S/C11H14N4/c12-6-5-10-3-1-2-4-11(10)7-15-9-13-8-14-15/h1-4,8-9H,5-7,12H2. The first-order chi connectivity index (χ1) is 7.40. The second-order valence-electron chi connectivity index (χ2n) is 3.40. The van der Waals surface area contributed by atoms with Crippen molar-refractivity contribution in [1.29, 1.82) is 0 Å². The van der Waals surface area contributed by atoms with Gasteiger partial charge in [-0.1, -0.05) is 24.3 Å². The van der Waals surface area contributed by atoms with Crippen LogP contribution in [-0.4, -0.2) is 21.3 Å². The molecule has 4 heteroatoms. The minimum Gasteiger partial charge on any atom is -0.330 e.